The second kappa shape index (κ2) is 8.17. The summed E-state index contributed by atoms with van der Waals surface area (Å²) in [6.45, 7) is 9.25. The van der Waals surface area contributed by atoms with E-state index in [0.29, 0.717) is 16.8 Å². The molecule has 1 aliphatic heterocycles. The lowest BCUT2D eigenvalue weighted by Gasteiger charge is -2.36. The lowest BCUT2D eigenvalue weighted by atomic mass is 9.78. The Morgan fingerprint density at radius 1 is 1.46 bits per heavy atom. The van der Waals surface area contributed by atoms with Gasteiger partial charge in [0.05, 0.1) is 18.1 Å². The lowest BCUT2D eigenvalue weighted by molar-refractivity contribution is -0.120. The van der Waals surface area contributed by atoms with Gasteiger partial charge in [0, 0.05) is 12.1 Å². The van der Waals surface area contributed by atoms with Crippen LogP contribution in [0.4, 0.5) is 5.82 Å². The van der Waals surface area contributed by atoms with E-state index >= 15 is 0 Å². The summed E-state index contributed by atoms with van der Waals surface area (Å²) in [5.41, 5.74) is 6.53. The number of hydrogen-bond acceptors (Lipinski definition) is 5. The summed E-state index contributed by atoms with van der Waals surface area (Å²) in [6.07, 6.45) is 1.98. The third-order valence-electron chi connectivity index (χ3n) is 4.69. The van der Waals surface area contributed by atoms with E-state index < -0.39 is 0 Å². The number of carbonyl (C=O) groups is 1. The third kappa shape index (κ3) is 4.39. The zero-order chi connectivity index (χ0) is 17.9. The van der Waals surface area contributed by atoms with Gasteiger partial charge in [-0.2, -0.15) is 4.98 Å². The highest BCUT2D eigenvalue weighted by molar-refractivity contribution is 6.32. The Bertz CT molecular complexity index is 584. The van der Waals surface area contributed by atoms with Crippen molar-refractivity contribution in [2.45, 2.75) is 39.5 Å². The molecule has 0 aliphatic carbocycles. The van der Waals surface area contributed by atoms with Crippen LogP contribution in [-0.4, -0.2) is 42.4 Å². The maximum absolute atomic E-state index is 12.4. The van der Waals surface area contributed by atoms with Crippen LogP contribution in [0.15, 0.2) is 6.07 Å². The third-order valence-corrected chi connectivity index (χ3v) is 4.99. The first-order valence-electron chi connectivity index (χ1n) is 8.56. The van der Waals surface area contributed by atoms with E-state index in [9.17, 15) is 4.79 Å². The molecular weight excluding hydrogens is 326 g/mol. The van der Waals surface area contributed by atoms with E-state index in [4.69, 9.17) is 22.1 Å². The number of methoxy groups -OCH3 is 1. The molecule has 1 aliphatic rings. The Kier molecular flexibility index (Phi) is 6.47. The molecule has 0 amide bonds. The second-order valence-corrected chi connectivity index (χ2v) is 7.48. The number of halogens is 1. The quantitative estimate of drug-likeness (QED) is 0.849. The highest BCUT2D eigenvalue weighted by Crippen LogP contribution is 2.39. The molecular formula is C18H28ClN3O2. The number of piperidine rings is 1. The van der Waals surface area contributed by atoms with Crippen molar-refractivity contribution in [3.05, 3.63) is 16.7 Å². The van der Waals surface area contributed by atoms with Crippen molar-refractivity contribution >= 4 is 23.2 Å². The number of carbonyl (C=O) groups excluding carboxylic acids is 1. The van der Waals surface area contributed by atoms with Crippen LogP contribution in [0.25, 0.3) is 0 Å². The van der Waals surface area contributed by atoms with Gasteiger partial charge in [0.25, 0.3) is 0 Å². The van der Waals surface area contributed by atoms with Crippen molar-refractivity contribution in [3.8, 4) is 5.88 Å². The molecule has 6 heteroatoms. The molecule has 1 aromatic rings. The second-order valence-electron chi connectivity index (χ2n) is 7.07. The maximum Gasteiger partial charge on any atom is 0.219 e. The number of anilines is 1. The molecule has 0 saturated carbocycles. The van der Waals surface area contributed by atoms with Crippen molar-refractivity contribution in [1.82, 2.24) is 9.88 Å². The first-order valence-corrected chi connectivity index (χ1v) is 8.94. The van der Waals surface area contributed by atoms with E-state index in [1.165, 1.54) is 0 Å². The number of pyridine rings is 1. The number of likely N-dealkylation sites (tertiary alicyclic amines) is 1. The smallest absolute Gasteiger partial charge is 0.219 e. The molecule has 0 bridgehead atoms. The molecule has 1 atom stereocenters. The summed E-state index contributed by atoms with van der Waals surface area (Å²) >= 11 is 6.15. The molecule has 0 aromatic carbocycles. The molecule has 0 radical (unpaired) electrons. The molecule has 1 saturated heterocycles. The van der Waals surface area contributed by atoms with Gasteiger partial charge in [-0.25, -0.2) is 0 Å². The molecule has 134 valence electrons. The minimum atomic E-state index is -0.244. The van der Waals surface area contributed by atoms with Gasteiger partial charge < -0.3 is 15.4 Å². The fourth-order valence-electron chi connectivity index (χ4n) is 3.68. The van der Waals surface area contributed by atoms with Gasteiger partial charge in [0.2, 0.25) is 5.88 Å². The fraction of sp³-hybridized carbons (Fsp3) is 0.667. The van der Waals surface area contributed by atoms with Crippen LogP contribution in [-0.2, 0) is 4.79 Å². The maximum atomic E-state index is 12.4. The summed E-state index contributed by atoms with van der Waals surface area (Å²) < 4.78 is 5.36. The highest BCUT2D eigenvalue weighted by atomic mass is 35.5. The molecule has 1 aromatic heterocycles. The monoisotopic (exact) mass is 353 g/mol. The molecule has 2 heterocycles. The van der Waals surface area contributed by atoms with Crippen LogP contribution in [0.2, 0.25) is 5.02 Å². The van der Waals surface area contributed by atoms with Crippen LogP contribution in [0.1, 0.15) is 45.1 Å². The summed E-state index contributed by atoms with van der Waals surface area (Å²) in [5.74, 6) is 1.45. The fourth-order valence-corrected chi connectivity index (χ4v) is 3.84. The number of ketones is 1. The zero-order valence-electron chi connectivity index (χ0n) is 15.0. The van der Waals surface area contributed by atoms with Crippen molar-refractivity contribution in [2.75, 3.05) is 32.5 Å². The standard InChI is InChI=1S/C18H28ClN3O2/c1-11(2)10-22-7-5-13(6-8-22)16(12(3)23)14-9-15(19)17(20)21-18(14)24-4/h9,11,13,16H,5-8,10H2,1-4H3,(H2,20,21). The first-order chi connectivity index (χ1) is 11.3. The molecule has 5 nitrogen and oxygen atoms in total. The number of Topliss-reactive ketones (excluding diaryl/α,β-unsaturated/α-hetero) is 1. The topological polar surface area (TPSA) is 68.5 Å². The van der Waals surface area contributed by atoms with E-state index in [2.05, 4.69) is 23.7 Å². The molecule has 2 rings (SSSR count). The first kappa shape index (κ1) is 19.0. The average Bonchev–Trinajstić information content (AvgIpc) is 2.51. The Labute approximate surface area is 149 Å². The average molecular weight is 354 g/mol. The predicted molar refractivity (Wildman–Crippen MR) is 97.6 cm³/mol. The number of nitrogen functional groups attached to an aromatic ring is 1. The Morgan fingerprint density at radius 2 is 2.08 bits per heavy atom. The summed E-state index contributed by atoms with van der Waals surface area (Å²) in [4.78, 5) is 19.1. The summed E-state index contributed by atoms with van der Waals surface area (Å²) in [6, 6.07) is 1.75. The van der Waals surface area contributed by atoms with Crippen LogP contribution in [0.3, 0.4) is 0 Å². The number of rotatable bonds is 6. The van der Waals surface area contributed by atoms with E-state index in [1.54, 1.807) is 20.1 Å². The molecule has 1 fully saturated rings. The molecule has 24 heavy (non-hydrogen) atoms. The predicted octanol–water partition coefficient (Wildman–Crippen LogP) is 3.37. The van der Waals surface area contributed by atoms with Gasteiger partial charge in [-0.05, 0) is 50.8 Å². The van der Waals surface area contributed by atoms with Crippen LogP contribution >= 0.6 is 11.6 Å². The number of nitrogens with two attached hydrogens (primary N) is 1. The molecule has 2 N–H and O–H groups in total. The van der Waals surface area contributed by atoms with E-state index in [0.717, 1.165) is 38.0 Å². The number of aromatic nitrogens is 1. The Hall–Kier alpha value is -1.33. The minimum absolute atomic E-state index is 0.123. The zero-order valence-corrected chi connectivity index (χ0v) is 15.8. The van der Waals surface area contributed by atoms with E-state index in [1.807, 2.05) is 0 Å². The Balaban J connectivity index is 2.23. The van der Waals surface area contributed by atoms with Crippen molar-refractivity contribution in [1.29, 1.82) is 0 Å². The van der Waals surface area contributed by atoms with Crippen LogP contribution in [0, 0.1) is 11.8 Å². The van der Waals surface area contributed by atoms with E-state index in [-0.39, 0.29) is 23.4 Å². The van der Waals surface area contributed by atoms with Gasteiger partial charge in [-0.15, -0.1) is 0 Å². The van der Waals surface area contributed by atoms with Crippen LogP contribution < -0.4 is 10.5 Å². The lowest BCUT2D eigenvalue weighted by Crippen LogP contribution is -2.38. The summed E-state index contributed by atoms with van der Waals surface area (Å²) in [7, 11) is 1.54. The number of ether oxygens (including phenoxy) is 1. The minimum Gasteiger partial charge on any atom is -0.481 e. The number of hydrogen-bond donors (Lipinski definition) is 1. The van der Waals surface area contributed by atoms with Crippen molar-refractivity contribution in [3.63, 3.8) is 0 Å². The number of nitrogens with zero attached hydrogens (tertiary/aromatic N) is 2. The SMILES string of the molecule is COc1nc(N)c(Cl)cc1C(C(C)=O)C1CCN(CC(C)C)CC1. The van der Waals surface area contributed by atoms with Gasteiger partial charge >= 0.3 is 0 Å². The van der Waals surface area contributed by atoms with Gasteiger partial charge in [-0.3, -0.25) is 4.79 Å². The molecule has 0 spiro atoms. The van der Waals surface area contributed by atoms with Gasteiger partial charge in [-0.1, -0.05) is 25.4 Å². The normalized spacial score (nSPS) is 17.9. The Morgan fingerprint density at radius 3 is 2.58 bits per heavy atom. The van der Waals surface area contributed by atoms with Gasteiger partial charge in [0.1, 0.15) is 11.6 Å². The van der Waals surface area contributed by atoms with Gasteiger partial charge in [0.15, 0.2) is 0 Å². The van der Waals surface area contributed by atoms with Crippen LogP contribution in [0.5, 0.6) is 5.88 Å². The van der Waals surface area contributed by atoms with Crippen molar-refractivity contribution < 1.29 is 9.53 Å². The largest absolute Gasteiger partial charge is 0.481 e. The molecule has 1 unspecified atom stereocenters. The van der Waals surface area contributed by atoms with Crippen molar-refractivity contribution in [2.24, 2.45) is 11.8 Å². The highest BCUT2D eigenvalue weighted by Gasteiger charge is 2.33. The summed E-state index contributed by atoms with van der Waals surface area (Å²) in [5, 5.41) is 0.370.